The van der Waals surface area contributed by atoms with E-state index in [1.54, 1.807) is 11.8 Å². The summed E-state index contributed by atoms with van der Waals surface area (Å²) in [5.74, 6) is -1.49. The highest BCUT2D eigenvalue weighted by molar-refractivity contribution is 7.99. The fourth-order valence-corrected chi connectivity index (χ4v) is 4.01. The minimum absolute atomic E-state index is 0.214. The zero-order valence-electron chi connectivity index (χ0n) is 14.3. The van der Waals surface area contributed by atoms with E-state index in [1.165, 1.54) is 0 Å². The van der Waals surface area contributed by atoms with Crippen molar-refractivity contribution in [1.82, 2.24) is 15.1 Å². The van der Waals surface area contributed by atoms with E-state index in [9.17, 15) is 19.2 Å². The smallest absolute Gasteiger partial charge is 0.334 e. The molecule has 0 unspecified atom stereocenters. The van der Waals surface area contributed by atoms with E-state index in [4.69, 9.17) is 0 Å². The van der Waals surface area contributed by atoms with Crippen molar-refractivity contribution in [3.63, 3.8) is 0 Å². The predicted molar refractivity (Wildman–Crippen MR) is 96.4 cm³/mol. The van der Waals surface area contributed by atoms with Gasteiger partial charge >= 0.3 is 17.8 Å². The number of carbonyl (C=O) groups is 4. The lowest BCUT2D eigenvalue weighted by Crippen LogP contribution is -2.43. The van der Waals surface area contributed by atoms with Crippen molar-refractivity contribution in [3.8, 4) is 0 Å². The molecule has 0 aromatic heterocycles. The Hall–Kier alpha value is -2.35. The van der Waals surface area contributed by atoms with Gasteiger partial charge in [0.2, 0.25) is 5.91 Å². The first-order chi connectivity index (χ1) is 12.6. The number of nitrogens with zero attached hydrogens (tertiary/aromatic N) is 2. The molecule has 5 amide bonds. The molecule has 8 heteroatoms. The van der Waals surface area contributed by atoms with Gasteiger partial charge < -0.3 is 5.32 Å². The first-order valence-electron chi connectivity index (χ1n) is 8.71. The van der Waals surface area contributed by atoms with E-state index in [0.29, 0.717) is 12.3 Å². The Morgan fingerprint density at radius 1 is 1.08 bits per heavy atom. The van der Waals surface area contributed by atoms with Crippen LogP contribution in [0.1, 0.15) is 25.7 Å². The summed E-state index contributed by atoms with van der Waals surface area (Å²) < 4.78 is 0. The standard InChI is InChI=1S/C18H21N3O4S/c22-15(19-10-11-26-14-8-2-1-3-9-14)12-20-16(23)17(24)21(18(20)25)13-6-4-5-7-13/h1-3,8-9,13H,4-7,10-12H2,(H,19,22). The molecular formula is C18H21N3O4S. The second-order valence-corrected chi connectivity index (χ2v) is 7.47. The van der Waals surface area contributed by atoms with Gasteiger partial charge in [0, 0.05) is 23.2 Å². The molecule has 0 atom stereocenters. The van der Waals surface area contributed by atoms with Crippen LogP contribution in [-0.4, -0.2) is 58.4 Å². The maximum Gasteiger partial charge on any atom is 0.334 e. The molecule has 7 nitrogen and oxygen atoms in total. The fraction of sp³-hybridized carbons (Fsp3) is 0.444. The van der Waals surface area contributed by atoms with E-state index in [2.05, 4.69) is 5.32 Å². The van der Waals surface area contributed by atoms with Crippen LogP contribution in [-0.2, 0) is 14.4 Å². The van der Waals surface area contributed by atoms with Crippen molar-refractivity contribution in [2.24, 2.45) is 0 Å². The van der Waals surface area contributed by atoms with Gasteiger partial charge in [0.05, 0.1) is 0 Å². The van der Waals surface area contributed by atoms with Crippen molar-refractivity contribution in [2.45, 2.75) is 36.6 Å². The normalized spacial score (nSPS) is 18.1. The average Bonchev–Trinajstić information content (AvgIpc) is 3.23. The summed E-state index contributed by atoms with van der Waals surface area (Å²) in [6, 6.07) is 8.91. The maximum atomic E-state index is 12.4. The number of carbonyl (C=O) groups excluding carboxylic acids is 4. The van der Waals surface area contributed by atoms with Gasteiger partial charge in [0.25, 0.3) is 0 Å². The summed E-state index contributed by atoms with van der Waals surface area (Å²) in [5, 5.41) is 2.68. The lowest BCUT2D eigenvalue weighted by molar-refractivity contribution is -0.144. The summed E-state index contributed by atoms with van der Waals surface area (Å²) in [5.41, 5.74) is 0. The highest BCUT2D eigenvalue weighted by Crippen LogP contribution is 2.27. The topological polar surface area (TPSA) is 86.8 Å². The zero-order chi connectivity index (χ0) is 18.5. The fourth-order valence-electron chi connectivity index (χ4n) is 3.22. The van der Waals surface area contributed by atoms with Gasteiger partial charge in [-0.15, -0.1) is 11.8 Å². The van der Waals surface area contributed by atoms with Gasteiger partial charge in [-0.05, 0) is 25.0 Å². The van der Waals surface area contributed by atoms with E-state index < -0.39 is 30.3 Å². The number of benzene rings is 1. The van der Waals surface area contributed by atoms with Gasteiger partial charge in [-0.1, -0.05) is 31.0 Å². The molecule has 2 fully saturated rings. The van der Waals surface area contributed by atoms with Crippen LogP contribution in [0.4, 0.5) is 4.79 Å². The number of nitrogens with one attached hydrogen (secondary N) is 1. The largest absolute Gasteiger partial charge is 0.354 e. The van der Waals surface area contributed by atoms with Crippen LogP contribution >= 0.6 is 11.8 Å². The molecule has 2 aliphatic rings. The highest BCUT2D eigenvalue weighted by Gasteiger charge is 2.48. The van der Waals surface area contributed by atoms with Gasteiger partial charge in [-0.2, -0.15) is 0 Å². The number of hydrogen-bond acceptors (Lipinski definition) is 5. The third-order valence-electron chi connectivity index (χ3n) is 4.51. The Balaban J connectivity index is 1.46. The van der Waals surface area contributed by atoms with Gasteiger partial charge in [-0.3, -0.25) is 19.3 Å². The molecule has 3 rings (SSSR count). The monoisotopic (exact) mass is 375 g/mol. The Labute approximate surface area is 156 Å². The molecule has 0 spiro atoms. The zero-order valence-corrected chi connectivity index (χ0v) is 15.2. The number of urea groups is 1. The molecule has 0 bridgehead atoms. The van der Waals surface area contributed by atoms with Crippen LogP contribution in [0.3, 0.4) is 0 Å². The van der Waals surface area contributed by atoms with Crippen molar-refractivity contribution in [1.29, 1.82) is 0 Å². The lowest BCUT2D eigenvalue weighted by atomic mass is 10.2. The van der Waals surface area contributed by atoms with E-state index in [1.807, 2.05) is 30.3 Å². The Bertz CT molecular complexity index is 704. The average molecular weight is 375 g/mol. The second-order valence-electron chi connectivity index (χ2n) is 6.30. The van der Waals surface area contributed by atoms with E-state index in [0.717, 1.165) is 40.4 Å². The molecule has 1 aromatic rings. The quantitative estimate of drug-likeness (QED) is 0.339. The van der Waals surface area contributed by atoms with Crippen molar-refractivity contribution >= 4 is 35.5 Å². The number of amides is 5. The molecule has 1 saturated carbocycles. The molecule has 26 heavy (non-hydrogen) atoms. The van der Waals surface area contributed by atoms with Crippen molar-refractivity contribution in [2.75, 3.05) is 18.8 Å². The summed E-state index contributed by atoms with van der Waals surface area (Å²) in [6.07, 6.45) is 3.33. The Morgan fingerprint density at radius 3 is 2.46 bits per heavy atom. The molecule has 1 aliphatic heterocycles. The van der Waals surface area contributed by atoms with Gasteiger partial charge in [-0.25, -0.2) is 9.69 Å². The molecule has 1 aromatic carbocycles. The van der Waals surface area contributed by atoms with Crippen molar-refractivity contribution < 1.29 is 19.2 Å². The van der Waals surface area contributed by atoms with Crippen LogP contribution < -0.4 is 5.32 Å². The second kappa shape index (κ2) is 8.35. The van der Waals surface area contributed by atoms with Crippen LogP contribution in [0.2, 0.25) is 0 Å². The van der Waals surface area contributed by atoms with E-state index >= 15 is 0 Å². The summed E-state index contributed by atoms with van der Waals surface area (Å²) >= 11 is 1.60. The number of thioether (sulfide) groups is 1. The van der Waals surface area contributed by atoms with Gasteiger partial charge in [0.1, 0.15) is 6.54 Å². The molecule has 1 heterocycles. The number of imide groups is 2. The minimum Gasteiger partial charge on any atom is -0.354 e. The van der Waals surface area contributed by atoms with Crippen molar-refractivity contribution in [3.05, 3.63) is 30.3 Å². The molecule has 0 radical (unpaired) electrons. The van der Waals surface area contributed by atoms with Crippen LogP contribution in [0.15, 0.2) is 35.2 Å². The van der Waals surface area contributed by atoms with Crippen LogP contribution in [0, 0.1) is 0 Å². The third kappa shape index (κ3) is 4.07. The molecule has 1 aliphatic carbocycles. The van der Waals surface area contributed by atoms with Gasteiger partial charge in [0.15, 0.2) is 0 Å². The summed E-state index contributed by atoms with van der Waals surface area (Å²) in [4.78, 5) is 51.5. The SMILES string of the molecule is O=C(CN1C(=O)C(=O)N(C2CCCC2)C1=O)NCCSc1ccccc1. The maximum absolute atomic E-state index is 12.4. The molecule has 138 valence electrons. The summed E-state index contributed by atoms with van der Waals surface area (Å²) in [6.45, 7) is -0.00245. The third-order valence-corrected chi connectivity index (χ3v) is 5.53. The first-order valence-corrected chi connectivity index (χ1v) is 9.70. The molecule has 1 N–H and O–H groups in total. The Morgan fingerprint density at radius 2 is 1.77 bits per heavy atom. The van der Waals surface area contributed by atoms with E-state index in [-0.39, 0.29) is 6.04 Å². The number of hydrogen-bond donors (Lipinski definition) is 1. The molecular weight excluding hydrogens is 354 g/mol. The number of rotatable bonds is 7. The summed E-state index contributed by atoms with van der Waals surface area (Å²) in [7, 11) is 0. The molecule has 1 saturated heterocycles. The minimum atomic E-state index is -0.907. The van der Waals surface area contributed by atoms with Crippen LogP contribution in [0.25, 0.3) is 0 Å². The lowest BCUT2D eigenvalue weighted by Gasteiger charge is -2.20. The Kier molecular flexibility index (Phi) is 5.92. The first kappa shape index (κ1) is 18.4. The predicted octanol–water partition coefficient (Wildman–Crippen LogP) is 1.63. The van der Waals surface area contributed by atoms with Crippen LogP contribution in [0.5, 0.6) is 0 Å². The highest BCUT2D eigenvalue weighted by atomic mass is 32.2.